The van der Waals surface area contributed by atoms with Gasteiger partial charge in [0.05, 0.1) is 12.8 Å². The number of nitrogens with zero attached hydrogens (tertiary/aromatic N) is 1. The number of anilines is 2. The van der Waals surface area contributed by atoms with Crippen molar-refractivity contribution in [2.75, 3.05) is 17.3 Å². The lowest BCUT2D eigenvalue weighted by molar-refractivity contribution is -0.138. The van der Waals surface area contributed by atoms with E-state index in [9.17, 15) is 14.4 Å². The number of carbonyl (C=O) groups excluding carboxylic acids is 3. The number of para-hydroxylation sites is 1. The van der Waals surface area contributed by atoms with Crippen molar-refractivity contribution in [3.05, 3.63) is 81.8 Å². The number of methoxy groups -OCH3 is 1. The van der Waals surface area contributed by atoms with Gasteiger partial charge >= 0.3 is 5.97 Å². The minimum Gasteiger partial charge on any atom is -0.466 e. The van der Waals surface area contributed by atoms with E-state index < -0.39 is 17.3 Å². The van der Waals surface area contributed by atoms with Crippen molar-refractivity contribution < 1.29 is 19.1 Å². The molecule has 0 saturated carbocycles. The van der Waals surface area contributed by atoms with Gasteiger partial charge < -0.3 is 15.8 Å². The fraction of sp³-hybridized carbons (Fsp3) is 0.321. The third-order valence-electron chi connectivity index (χ3n) is 7.28. The van der Waals surface area contributed by atoms with Crippen molar-refractivity contribution >= 4 is 29.0 Å². The molecule has 3 N–H and O–H groups in total. The van der Waals surface area contributed by atoms with Crippen molar-refractivity contribution in [2.24, 2.45) is 11.1 Å². The van der Waals surface area contributed by atoms with Gasteiger partial charge in [0.25, 0.3) is 0 Å². The lowest BCUT2D eigenvalue weighted by atomic mass is 9.60. The highest BCUT2D eigenvalue weighted by Gasteiger charge is 2.63. The minimum absolute atomic E-state index is 0.0306. The summed E-state index contributed by atoms with van der Waals surface area (Å²) in [7, 11) is 1.26. The van der Waals surface area contributed by atoms with Crippen LogP contribution < -0.4 is 16.0 Å². The Bertz CT molecular complexity index is 1380. The topological polar surface area (TPSA) is 102 Å². The number of benzene rings is 2. The monoisotopic (exact) mass is 471 g/mol. The van der Waals surface area contributed by atoms with Crippen LogP contribution in [0, 0.1) is 19.3 Å². The number of carbonyl (C=O) groups is 3. The molecular weight excluding hydrogens is 442 g/mol. The summed E-state index contributed by atoms with van der Waals surface area (Å²) >= 11 is 0. The van der Waals surface area contributed by atoms with E-state index >= 15 is 0 Å². The quantitative estimate of drug-likeness (QED) is 0.642. The zero-order valence-corrected chi connectivity index (χ0v) is 20.6. The molecule has 1 aliphatic carbocycles. The molecule has 3 aliphatic rings. The fourth-order valence-electron chi connectivity index (χ4n) is 5.84. The van der Waals surface area contributed by atoms with Crippen molar-refractivity contribution in [2.45, 2.75) is 46.0 Å². The van der Waals surface area contributed by atoms with Crippen LogP contribution in [-0.4, -0.2) is 24.8 Å². The zero-order valence-electron chi connectivity index (χ0n) is 20.6. The van der Waals surface area contributed by atoms with Crippen molar-refractivity contribution in [3.8, 4) is 0 Å². The number of allylic oxidation sites excluding steroid dienone is 1. The molecule has 2 aliphatic heterocycles. The predicted octanol–water partition coefficient (Wildman–Crippen LogP) is 4.00. The summed E-state index contributed by atoms with van der Waals surface area (Å²) in [4.78, 5) is 43.2. The van der Waals surface area contributed by atoms with E-state index in [1.807, 2.05) is 64.1 Å². The van der Waals surface area contributed by atoms with Crippen LogP contribution in [0.5, 0.6) is 0 Å². The second-order valence-electron chi connectivity index (χ2n) is 10.4. The van der Waals surface area contributed by atoms with Crippen LogP contribution in [0.2, 0.25) is 0 Å². The summed E-state index contributed by atoms with van der Waals surface area (Å²) in [5, 5.41) is 2.91. The molecule has 0 fully saturated rings. The van der Waals surface area contributed by atoms with E-state index in [-0.39, 0.29) is 29.0 Å². The van der Waals surface area contributed by atoms with Gasteiger partial charge in [-0.25, -0.2) is 4.79 Å². The number of amides is 1. The molecule has 180 valence electrons. The Morgan fingerprint density at radius 3 is 2.49 bits per heavy atom. The second-order valence-corrected chi connectivity index (χ2v) is 10.4. The number of ether oxygens (including phenoxy) is 1. The van der Waals surface area contributed by atoms with Crippen LogP contribution >= 0.6 is 0 Å². The SMILES string of the molecule is COC(=O)C1=C(N)N(c2ccccc2C)C2=C(C(=O)CC(C)(C)C2)C12C(=O)Nc1ccc(C)cc12. The van der Waals surface area contributed by atoms with Crippen LogP contribution in [0.3, 0.4) is 0 Å². The molecule has 2 aromatic carbocycles. The Morgan fingerprint density at radius 1 is 1.09 bits per heavy atom. The van der Waals surface area contributed by atoms with E-state index in [4.69, 9.17) is 10.5 Å². The Morgan fingerprint density at radius 2 is 1.80 bits per heavy atom. The van der Waals surface area contributed by atoms with Gasteiger partial charge in [0.1, 0.15) is 16.8 Å². The zero-order chi connectivity index (χ0) is 25.3. The molecule has 7 heteroatoms. The summed E-state index contributed by atoms with van der Waals surface area (Å²) in [6.07, 6.45) is 0.756. The molecule has 0 saturated heterocycles. The van der Waals surface area contributed by atoms with Crippen molar-refractivity contribution in [1.82, 2.24) is 0 Å². The molecule has 1 amide bonds. The number of fused-ring (bicyclic) bond motifs is 3. The Kier molecular flexibility index (Phi) is 4.95. The highest BCUT2D eigenvalue weighted by molar-refractivity contribution is 6.23. The van der Waals surface area contributed by atoms with Gasteiger partial charge in [-0.05, 0) is 43.4 Å². The number of nitrogens with two attached hydrogens (primary N) is 1. The number of esters is 1. The van der Waals surface area contributed by atoms with Gasteiger partial charge in [0.2, 0.25) is 5.91 Å². The summed E-state index contributed by atoms with van der Waals surface area (Å²) in [5.41, 5.74) is 9.40. The molecular formula is C28H29N3O4. The molecule has 0 radical (unpaired) electrons. The van der Waals surface area contributed by atoms with Crippen LogP contribution in [0.4, 0.5) is 11.4 Å². The summed E-state index contributed by atoms with van der Waals surface area (Å²) in [6, 6.07) is 13.2. The van der Waals surface area contributed by atoms with Gasteiger partial charge in [-0.1, -0.05) is 49.7 Å². The lowest BCUT2D eigenvalue weighted by Gasteiger charge is -2.47. The third kappa shape index (κ3) is 3.07. The first-order valence-electron chi connectivity index (χ1n) is 11.7. The van der Waals surface area contributed by atoms with E-state index in [2.05, 4.69) is 5.32 Å². The maximum atomic E-state index is 14.0. The molecule has 35 heavy (non-hydrogen) atoms. The molecule has 1 unspecified atom stereocenters. The van der Waals surface area contributed by atoms with Crippen molar-refractivity contribution in [1.29, 1.82) is 0 Å². The van der Waals surface area contributed by atoms with Gasteiger partial charge in [-0.3, -0.25) is 14.5 Å². The van der Waals surface area contributed by atoms with E-state index in [0.717, 1.165) is 16.8 Å². The van der Waals surface area contributed by atoms with Crippen LogP contribution in [0.25, 0.3) is 0 Å². The Hall–Kier alpha value is -3.87. The Labute approximate surface area is 204 Å². The Balaban J connectivity index is 1.96. The maximum Gasteiger partial charge on any atom is 0.339 e. The molecule has 0 aromatic heterocycles. The van der Waals surface area contributed by atoms with E-state index in [1.165, 1.54) is 7.11 Å². The summed E-state index contributed by atoms with van der Waals surface area (Å²) in [5.74, 6) is -1.28. The van der Waals surface area contributed by atoms with Gasteiger partial charge in [0.15, 0.2) is 5.78 Å². The number of aryl methyl sites for hydroxylation is 2. The van der Waals surface area contributed by atoms with E-state index in [0.29, 0.717) is 28.9 Å². The molecule has 2 aromatic rings. The van der Waals surface area contributed by atoms with Gasteiger partial charge in [-0.2, -0.15) is 0 Å². The summed E-state index contributed by atoms with van der Waals surface area (Å²) < 4.78 is 5.19. The minimum atomic E-state index is -1.68. The smallest absolute Gasteiger partial charge is 0.339 e. The average molecular weight is 472 g/mol. The lowest BCUT2D eigenvalue weighted by Crippen LogP contribution is -2.54. The van der Waals surface area contributed by atoms with Crippen molar-refractivity contribution in [3.63, 3.8) is 0 Å². The average Bonchev–Trinajstić information content (AvgIpc) is 3.05. The molecule has 1 spiro atoms. The van der Waals surface area contributed by atoms with Crippen LogP contribution in [0.15, 0.2) is 65.1 Å². The molecule has 7 nitrogen and oxygen atoms in total. The summed E-state index contributed by atoms with van der Waals surface area (Å²) in [6.45, 7) is 7.91. The number of Topliss-reactive ketones (excluding diaryl/α,β-unsaturated/α-hetero) is 1. The fourth-order valence-corrected chi connectivity index (χ4v) is 5.84. The number of hydrogen-bond donors (Lipinski definition) is 2. The first-order valence-corrected chi connectivity index (χ1v) is 11.7. The second kappa shape index (κ2) is 7.57. The molecule has 5 rings (SSSR count). The number of hydrogen-bond acceptors (Lipinski definition) is 6. The van der Waals surface area contributed by atoms with Crippen LogP contribution in [-0.2, 0) is 24.5 Å². The van der Waals surface area contributed by atoms with E-state index in [1.54, 1.807) is 11.0 Å². The number of rotatable bonds is 2. The molecule has 0 bridgehead atoms. The van der Waals surface area contributed by atoms with Crippen LogP contribution in [0.1, 0.15) is 43.4 Å². The molecule has 1 atom stereocenters. The first-order chi connectivity index (χ1) is 16.5. The highest BCUT2D eigenvalue weighted by atomic mass is 16.5. The standard InChI is InChI=1S/C28H29N3O4/c1-15-10-11-18-17(12-15)28(26(34)30-18)22-20(13-27(3,4)14-21(22)32)31(19-9-7-6-8-16(19)2)24(29)23(28)25(33)35-5/h6-12H,13-14,29H2,1-5H3,(H,30,34). The normalized spacial score (nSPS) is 22.8. The third-order valence-corrected chi connectivity index (χ3v) is 7.28. The largest absolute Gasteiger partial charge is 0.466 e. The van der Waals surface area contributed by atoms with Gasteiger partial charge in [0, 0.05) is 28.9 Å². The van der Waals surface area contributed by atoms with Gasteiger partial charge in [-0.15, -0.1) is 0 Å². The maximum absolute atomic E-state index is 14.0. The first kappa shape index (κ1) is 22.9. The highest BCUT2D eigenvalue weighted by Crippen LogP contribution is 2.57. The molecule has 2 heterocycles. The number of nitrogens with one attached hydrogen (secondary N) is 1. The predicted molar refractivity (Wildman–Crippen MR) is 133 cm³/mol. The number of ketones is 1.